The molecule has 0 aromatic carbocycles. The van der Waals surface area contributed by atoms with E-state index in [0.717, 1.165) is 11.3 Å². The lowest BCUT2D eigenvalue weighted by atomic mass is 10.2. The van der Waals surface area contributed by atoms with E-state index in [1.165, 1.54) is 6.20 Å². The Balaban J connectivity index is 2.35. The molecule has 0 aliphatic carbocycles. The van der Waals surface area contributed by atoms with E-state index >= 15 is 0 Å². The van der Waals surface area contributed by atoms with E-state index in [4.69, 9.17) is 22.1 Å². The Kier molecular flexibility index (Phi) is 3.81. The van der Waals surface area contributed by atoms with Crippen LogP contribution in [0.2, 0.25) is 5.02 Å². The summed E-state index contributed by atoms with van der Waals surface area (Å²) in [6.45, 7) is 6.14. The van der Waals surface area contributed by atoms with E-state index in [0.29, 0.717) is 27.8 Å². The second kappa shape index (κ2) is 5.66. The number of halogens is 1. The average molecular weight is 333 g/mol. The maximum Gasteiger partial charge on any atom is 0.242 e. The number of aryl methyl sites for hydroxylation is 1. The summed E-state index contributed by atoms with van der Waals surface area (Å²) in [6.07, 6.45) is 1.46. The van der Waals surface area contributed by atoms with E-state index in [9.17, 15) is 0 Å². The van der Waals surface area contributed by atoms with Crippen LogP contribution in [0.4, 0.5) is 5.95 Å². The second-order valence-electron chi connectivity index (χ2n) is 5.43. The van der Waals surface area contributed by atoms with Crippen molar-refractivity contribution in [3.05, 3.63) is 23.1 Å². The van der Waals surface area contributed by atoms with Crippen LogP contribution in [-0.4, -0.2) is 31.6 Å². The van der Waals surface area contributed by atoms with Gasteiger partial charge in [0.2, 0.25) is 11.8 Å². The van der Waals surface area contributed by atoms with E-state index < -0.39 is 0 Å². The SMILES string of the molecule is COc1nc(-c2nc(N)ncc2Cl)cc2c1nc(C)n2C(C)C. The third kappa shape index (κ3) is 2.57. The molecule has 3 heterocycles. The minimum Gasteiger partial charge on any atom is -0.479 e. The van der Waals surface area contributed by atoms with Crippen LogP contribution in [0, 0.1) is 6.92 Å². The third-order valence-corrected chi connectivity index (χ3v) is 3.81. The smallest absolute Gasteiger partial charge is 0.242 e. The number of hydrogen-bond donors (Lipinski definition) is 1. The Morgan fingerprint density at radius 3 is 2.65 bits per heavy atom. The predicted octanol–water partition coefficient (Wildman–Crippen LogP) is 3.02. The molecule has 3 rings (SSSR count). The number of hydrogen-bond acceptors (Lipinski definition) is 6. The zero-order chi connectivity index (χ0) is 16.7. The molecule has 0 saturated heterocycles. The predicted molar refractivity (Wildman–Crippen MR) is 89.7 cm³/mol. The fourth-order valence-electron chi connectivity index (χ4n) is 2.66. The Hall–Kier alpha value is -2.41. The summed E-state index contributed by atoms with van der Waals surface area (Å²) in [5.41, 5.74) is 8.32. The Bertz CT molecular complexity index is 889. The molecule has 7 nitrogen and oxygen atoms in total. The molecule has 23 heavy (non-hydrogen) atoms. The molecule has 8 heteroatoms. The fraction of sp³-hybridized carbons (Fsp3) is 0.333. The van der Waals surface area contributed by atoms with Crippen molar-refractivity contribution in [2.75, 3.05) is 12.8 Å². The summed E-state index contributed by atoms with van der Waals surface area (Å²) in [5, 5.41) is 0.375. The number of nitrogens with zero attached hydrogens (tertiary/aromatic N) is 5. The highest BCUT2D eigenvalue weighted by Gasteiger charge is 2.19. The summed E-state index contributed by atoms with van der Waals surface area (Å²) >= 11 is 6.20. The number of rotatable bonds is 3. The van der Waals surface area contributed by atoms with Crippen LogP contribution >= 0.6 is 11.6 Å². The molecule has 2 N–H and O–H groups in total. The summed E-state index contributed by atoms with van der Waals surface area (Å²) < 4.78 is 7.52. The summed E-state index contributed by atoms with van der Waals surface area (Å²) in [6, 6.07) is 2.14. The minimum atomic E-state index is 0.138. The first-order valence-electron chi connectivity index (χ1n) is 7.14. The Labute approximate surface area is 138 Å². The molecule has 0 spiro atoms. The number of nitrogens with two attached hydrogens (primary N) is 1. The minimum absolute atomic E-state index is 0.138. The van der Waals surface area contributed by atoms with Crippen molar-refractivity contribution in [2.45, 2.75) is 26.8 Å². The molecule has 120 valence electrons. The maximum atomic E-state index is 6.20. The zero-order valence-corrected chi connectivity index (χ0v) is 14.1. The van der Waals surface area contributed by atoms with E-state index in [1.807, 2.05) is 13.0 Å². The molecule has 0 aliphatic heterocycles. The first-order valence-corrected chi connectivity index (χ1v) is 7.52. The molecule has 0 fully saturated rings. The van der Waals surface area contributed by atoms with Crippen LogP contribution in [0.15, 0.2) is 12.3 Å². The van der Waals surface area contributed by atoms with Crippen molar-refractivity contribution in [2.24, 2.45) is 0 Å². The number of ether oxygens (including phenoxy) is 1. The van der Waals surface area contributed by atoms with Gasteiger partial charge < -0.3 is 15.0 Å². The van der Waals surface area contributed by atoms with E-state index in [-0.39, 0.29) is 12.0 Å². The molecular weight excluding hydrogens is 316 g/mol. The van der Waals surface area contributed by atoms with Gasteiger partial charge in [0.1, 0.15) is 11.5 Å². The van der Waals surface area contributed by atoms with Crippen LogP contribution in [-0.2, 0) is 0 Å². The summed E-state index contributed by atoms with van der Waals surface area (Å²) in [7, 11) is 1.56. The largest absolute Gasteiger partial charge is 0.479 e. The quantitative estimate of drug-likeness (QED) is 0.792. The maximum absolute atomic E-state index is 6.20. The topological polar surface area (TPSA) is 91.7 Å². The van der Waals surface area contributed by atoms with Crippen molar-refractivity contribution in [3.63, 3.8) is 0 Å². The lowest BCUT2D eigenvalue weighted by molar-refractivity contribution is 0.403. The van der Waals surface area contributed by atoms with Gasteiger partial charge in [-0.2, -0.15) is 0 Å². The van der Waals surface area contributed by atoms with Crippen LogP contribution in [0.25, 0.3) is 22.4 Å². The zero-order valence-electron chi connectivity index (χ0n) is 13.3. The Morgan fingerprint density at radius 2 is 2.00 bits per heavy atom. The molecule has 0 bridgehead atoms. The number of fused-ring (bicyclic) bond motifs is 1. The fourth-order valence-corrected chi connectivity index (χ4v) is 2.84. The average Bonchev–Trinajstić information content (AvgIpc) is 2.84. The van der Waals surface area contributed by atoms with Gasteiger partial charge in [-0.15, -0.1) is 0 Å². The van der Waals surface area contributed by atoms with Gasteiger partial charge in [-0.25, -0.2) is 19.9 Å². The van der Waals surface area contributed by atoms with E-state index in [1.54, 1.807) is 7.11 Å². The molecule has 0 radical (unpaired) electrons. The molecule has 0 unspecified atom stereocenters. The molecule has 0 atom stereocenters. The van der Waals surface area contributed by atoms with Crippen molar-refractivity contribution in [3.8, 4) is 17.3 Å². The van der Waals surface area contributed by atoms with Crippen LogP contribution < -0.4 is 10.5 Å². The molecule has 3 aromatic heterocycles. The van der Waals surface area contributed by atoms with Crippen molar-refractivity contribution >= 4 is 28.6 Å². The number of anilines is 1. The number of pyridine rings is 1. The molecule has 0 saturated carbocycles. The van der Waals surface area contributed by atoms with Gasteiger partial charge >= 0.3 is 0 Å². The van der Waals surface area contributed by atoms with Gasteiger partial charge in [-0.1, -0.05) is 11.6 Å². The standard InChI is InChI=1S/C15H17ClN6O/c1-7(2)22-8(3)19-13-11(22)5-10(20-14(13)23-4)12-9(16)6-18-15(17)21-12/h5-7H,1-4H3,(H2,17,18,21). The van der Waals surface area contributed by atoms with Crippen molar-refractivity contribution in [1.29, 1.82) is 0 Å². The highest BCUT2D eigenvalue weighted by Crippen LogP contribution is 2.33. The highest BCUT2D eigenvalue weighted by molar-refractivity contribution is 6.32. The van der Waals surface area contributed by atoms with E-state index in [2.05, 4.69) is 38.4 Å². The first-order chi connectivity index (χ1) is 10.9. The third-order valence-electron chi connectivity index (χ3n) is 3.54. The van der Waals surface area contributed by atoms with Gasteiger partial charge in [0.15, 0.2) is 5.52 Å². The lowest BCUT2D eigenvalue weighted by Gasteiger charge is -2.12. The number of imidazole rings is 1. The first kappa shape index (κ1) is 15.5. The van der Waals surface area contributed by atoms with Gasteiger partial charge in [0.05, 0.1) is 29.5 Å². The van der Waals surface area contributed by atoms with Crippen LogP contribution in [0.3, 0.4) is 0 Å². The molecule has 0 amide bonds. The van der Waals surface area contributed by atoms with Crippen molar-refractivity contribution in [1.82, 2.24) is 24.5 Å². The molecular formula is C15H17ClN6O. The van der Waals surface area contributed by atoms with Gasteiger partial charge in [-0.3, -0.25) is 0 Å². The molecule has 0 aliphatic rings. The van der Waals surface area contributed by atoms with Crippen LogP contribution in [0.5, 0.6) is 5.88 Å². The van der Waals surface area contributed by atoms with Crippen LogP contribution in [0.1, 0.15) is 25.7 Å². The second-order valence-corrected chi connectivity index (χ2v) is 5.84. The number of aromatic nitrogens is 5. The normalized spacial score (nSPS) is 11.4. The van der Waals surface area contributed by atoms with Gasteiger partial charge in [0, 0.05) is 6.04 Å². The van der Waals surface area contributed by atoms with Gasteiger partial charge in [-0.05, 0) is 26.8 Å². The Morgan fingerprint density at radius 1 is 1.26 bits per heavy atom. The molecule has 3 aromatic rings. The number of nitrogen functional groups attached to an aromatic ring is 1. The summed E-state index contributed by atoms with van der Waals surface area (Å²) in [4.78, 5) is 17.1. The summed E-state index contributed by atoms with van der Waals surface area (Å²) in [5.74, 6) is 1.45. The highest BCUT2D eigenvalue weighted by atomic mass is 35.5. The van der Waals surface area contributed by atoms with Crippen molar-refractivity contribution < 1.29 is 4.74 Å². The monoisotopic (exact) mass is 332 g/mol. The number of methoxy groups -OCH3 is 1. The lowest BCUT2D eigenvalue weighted by Crippen LogP contribution is -2.03. The van der Waals surface area contributed by atoms with Gasteiger partial charge in [0.25, 0.3) is 0 Å².